The fourth-order valence-electron chi connectivity index (χ4n) is 4.13. The van der Waals surface area contributed by atoms with Crippen molar-refractivity contribution in [2.45, 2.75) is 38.0 Å². The lowest BCUT2D eigenvalue weighted by atomic mass is 9.68. The molecule has 1 aromatic rings. The lowest BCUT2D eigenvalue weighted by molar-refractivity contribution is -0.142. The van der Waals surface area contributed by atoms with Gasteiger partial charge in [-0.05, 0) is 24.3 Å². The molecule has 3 rings (SSSR count). The summed E-state index contributed by atoms with van der Waals surface area (Å²) >= 11 is 0. The van der Waals surface area contributed by atoms with Crippen LogP contribution < -0.4 is 0 Å². The van der Waals surface area contributed by atoms with Gasteiger partial charge in [0, 0.05) is 18.4 Å². The Morgan fingerprint density at radius 2 is 1.86 bits per heavy atom. The molecule has 1 saturated heterocycles. The molecule has 21 heavy (non-hydrogen) atoms. The highest BCUT2D eigenvalue weighted by molar-refractivity contribution is 5.76. The first kappa shape index (κ1) is 14.6. The molecule has 2 fully saturated rings. The smallest absolute Gasteiger partial charge is 0.310 e. The Labute approximate surface area is 126 Å². The summed E-state index contributed by atoms with van der Waals surface area (Å²) in [6.07, 6.45) is 6.17. The number of aliphatic hydroxyl groups excluding tert-OH is 1. The predicted octanol–water partition coefficient (Wildman–Crippen LogP) is 3.13. The zero-order valence-electron chi connectivity index (χ0n) is 12.4. The average molecular weight is 288 g/mol. The maximum absolute atomic E-state index is 12.3. The predicted molar refractivity (Wildman–Crippen MR) is 80.8 cm³/mol. The molecule has 0 radical (unpaired) electrons. The number of rotatable bonds is 4. The second-order valence-electron chi connectivity index (χ2n) is 6.43. The standard InChI is InChI=1S/C18H24O3/c19-11-15-12-21-18(20)17(15)16(13-7-3-1-4-8-13)14-9-5-2-6-10-14/h1,3-4,7-8,14-17,19H,2,5-6,9-12H2/t15-,16?,17-/m1/s1. The van der Waals surface area contributed by atoms with E-state index < -0.39 is 0 Å². The van der Waals surface area contributed by atoms with E-state index in [0.717, 1.165) is 0 Å². The number of esters is 1. The molecule has 1 unspecified atom stereocenters. The van der Waals surface area contributed by atoms with E-state index in [9.17, 15) is 9.90 Å². The van der Waals surface area contributed by atoms with Crippen LogP contribution in [0.2, 0.25) is 0 Å². The summed E-state index contributed by atoms with van der Waals surface area (Å²) in [6, 6.07) is 10.3. The van der Waals surface area contributed by atoms with Crippen LogP contribution in [0.1, 0.15) is 43.6 Å². The van der Waals surface area contributed by atoms with E-state index in [1.165, 1.54) is 37.7 Å². The number of aliphatic hydroxyl groups is 1. The van der Waals surface area contributed by atoms with Gasteiger partial charge in [0.05, 0.1) is 12.5 Å². The lowest BCUT2D eigenvalue weighted by Crippen LogP contribution is -2.32. The molecular weight excluding hydrogens is 264 g/mol. The highest BCUT2D eigenvalue weighted by Crippen LogP contribution is 2.45. The van der Waals surface area contributed by atoms with Crippen molar-refractivity contribution in [3.8, 4) is 0 Å². The van der Waals surface area contributed by atoms with Crippen LogP contribution in [0, 0.1) is 17.8 Å². The number of hydrogen-bond acceptors (Lipinski definition) is 3. The highest BCUT2D eigenvalue weighted by atomic mass is 16.5. The van der Waals surface area contributed by atoms with Crippen molar-refractivity contribution in [2.24, 2.45) is 17.8 Å². The molecule has 1 heterocycles. The lowest BCUT2D eigenvalue weighted by Gasteiger charge is -2.34. The number of ether oxygens (including phenoxy) is 1. The third kappa shape index (κ3) is 2.98. The third-order valence-electron chi connectivity index (χ3n) is 5.18. The molecule has 3 nitrogen and oxygen atoms in total. The molecular formula is C18H24O3. The molecule has 114 valence electrons. The molecule has 1 saturated carbocycles. The van der Waals surface area contributed by atoms with Crippen molar-refractivity contribution >= 4 is 5.97 Å². The molecule has 1 aliphatic heterocycles. The van der Waals surface area contributed by atoms with Gasteiger partial charge >= 0.3 is 5.97 Å². The van der Waals surface area contributed by atoms with Gasteiger partial charge in [-0.3, -0.25) is 4.79 Å². The first-order valence-electron chi connectivity index (χ1n) is 8.13. The molecule has 0 spiro atoms. The minimum atomic E-state index is -0.180. The Hall–Kier alpha value is -1.35. The van der Waals surface area contributed by atoms with Crippen molar-refractivity contribution in [3.05, 3.63) is 35.9 Å². The van der Waals surface area contributed by atoms with Crippen LogP contribution in [0.15, 0.2) is 30.3 Å². The van der Waals surface area contributed by atoms with E-state index in [4.69, 9.17) is 4.74 Å². The molecule has 1 aliphatic carbocycles. The molecule has 1 N–H and O–H groups in total. The molecule has 1 aromatic carbocycles. The Morgan fingerprint density at radius 1 is 1.14 bits per heavy atom. The summed E-state index contributed by atoms with van der Waals surface area (Å²) in [5, 5.41) is 9.62. The van der Waals surface area contributed by atoms with Crippen LogP contribution in [0.5, 0.6) is 0 Å². The number of cyclic esters (lactones) is 1. The Kier molecular flexibility index (Phi) is 4.59. The molecule has 2 aliphatic rings. The normalized spacial score (nSPS) is 28.3. The van der Waals surface area contributed by atoms with Gasteiger partial charge in [0.15, 0.2) is 0 Å². The van der Waals surface area contributed by atoms with Crippen molar-refractivity contribution < 1.29 is 14.6 Å². The van der Waals surface area contributed by atoms with Gasteiger partial charge in [0.25, 0.3) is 0 Å². The van der Waals surface area contributed by atoms with E-state index in [1.54, 1.807) is 0 Å². The summed E-state index contributed by atoms with van der Waals surface area (Å²) < 4.78 is 5.26. The van der Waals surface area contributed by atoms with E-state index in [-0.39, 0.29) is 30.3 Å². The van der Waals surface area contributed by atoms with Gasteiger partial charge in [0.1, 0.15) is 0 Å². The second-order valence-corrected chi connectivity index (χ2v) is 6.43. The van der Waals surface area contributed by atoms with Crippen molar-refractivity contribution in [1.82, 2.24) is 0 Å². The largest absolute Gasteiger partial charge is 0.465 e. The summed E-state index contributed by atoms with van der Waals surface area (Å²) in [4.78, 5) is 12.3. The minimum Gasteiger partial charge on any atom is -0.465 e. The maximum Gasteiger partial charge on any atom is 0.310 e. The summed E-state index contributed by atoms with van der Waals surface area (Å²) in [5.74, 6) is 0.378. The van der Waals surface area contributed by atoms with Crippen LogP contribution in [0.4, 0.5) is 0 Å². The number of carbonyl (C=O) groups excluding carboxylic acids is 1. The monoisotopic (exact) mass is 288 g/mol. The van der Waals surface area contributed by atoms with Gasteiger partial charge in [-0.1, -0.05) is 49.6 Å². The van der Waals surface area contributed by atoms with Crippen LogP contribution in [-0.2, 0) is 9.53 Å². The first-order chi connectivity index (χ1) is 10.3. The minimum absolute atomic E-state index is 0.0342. The number of carbonyl (C=O) groups is 1. The number of hydrogen-bond donors (Lipinski definition) is 1. The van der Waals surface area contributed by atoms with Gasteiger partial charge in [-0.15, -0.1) is 0 Å². The van der Waals surface area contributed by atoms with E-state index in [1.807, 2.05) is 18.2 Å². The van der Waals surface area contributed by atoms with Crippen molar-refractivity contribution in [3.63, 3.8) is 0 Å². The summed E-state index contributed by atoms with van der Waals surface area (Å²) in [7, 11) is 0. The Balaban J connectivity index is 1.93. The third-order valence-corrected chi connectivity index (χ3v) is 5.18. The highest BCUT2D eigenvalue weighted by Gasteiger charge is 2.45. The summed E-state index contributed by atoms with van der Waals surface area (Å²) in [5.41, 5.74) is 1.23. The maximum atomic E-state index is 12.3. The summed E-state index contributed by atoms with van der Waals surface area (Å²) in [6.45, 7) is 0.405. The van der Waals surface area contributed by atoms with Crippen molar-refractivity contribution in [1.29, 1.82) is 0 Å². The first-order valence-corrected chi connectivity index (χ1v) is 8.13. The van der Waals surface area contributed by atoms with Crippen molar-refractivity contribution in [2.75, 3.05) is 13.2 Å². The van der Waals surface area contributed by atoms with Crippen LogP contribution in [-0.4, -0.2) is 24.3 Å². The average Bonchev–Trinajstić information content (AvgIpc) is 2.91. The van der Waals surface area contributed by atoms with Gasteiger partial charge in [0.2, 0.25) is 0 Å². The Morgan fingerprint density at radius 3 is 2.52 bits per heavy atom. The van der Waals surface area contributed by atoms with Crippen LogP contribution >= 0.6 is 0 Å². The quantitative estimate of drug-likeness (QED) is 0.866. The van der Waals surface area contributed by atoms with Gasteiger partial charge < -0.3 is 9.84 Å². The Bertz CT molecular complexity index is 465. The SMILES string of the molecule is O=C1OC[C@@H](CO)[C@@H]1C(c1ccccc1)C1CCCCC1. The molecule has 0 amide bonds. The fraction of sp³-hybridized carbons (Fsp3) is 0.611. The molecule has 3 atom stereocenters. The topological polar surface area (TPSA) is 46.5 Å². The number of benzene rings is 1. The van der Waals surface area contributed by atoms with Crippen LogP contribution in [0.3, 0.4) is 0 Å². The second kappa shape index (κ2) is 6.61. The molecule has 0 bridgehead atoms. The molecule has 3 heteroatoms. The van der Waals surface area contributed by atoms with Crippen LogP contribution in [0.25, 0.3) is 0 Å². The van der Waals surface area contributed by atoms with E-state index >= 15 is 0 Å². The fourth-order valence-corrected chi connectivity index (χ4v) is 4.13. The zero-order valence-corrected chi connectivity index (χ0v) is 12.4. The van der Waals surface area contributed by atoms with E-state index in [2.05, 4.69) is 12.1 Å². The molecule has 0 aromatic heterocycles. The van der Waals surface area contributed by atoms with E-state index in [0.29, 0.717) is 12.5 Å². The van der Waals surface area contributed by atoms with Gasteiger partial charge in [-0.2, -0.15) is 0 Å². The zero-order chi connectivity index (χ0) is 14.7. The van der Waals surface area contributed by atoms with Gasteiger partial charge in [-0.25, -0.2) is 0 Å².